The van der Waals surface area contributed by atoms with Gasteiger partial charge < -0.3 is 0 Å². The fourth-order valence-electron chi connectivity index (χ4n) is 4.90. The van der Waals surface area contributed by atoms with E-state index in [4.69, 9.17) is 0 Å². The first-order valence-corrected chi connectivity index (χ1v) is 7.25. The van der Waals surface area contributed by atoms with Gasteiger partial charge in [-0.3, -0.25) is 0 Å². The Kier molecular flexibility index (Phi) is 2.36. The monoisotopic (exact) mass is 228 g/mol. The number of hydrogen-bond donors (Lipinski definition) is 2. The molecule has 0 N–H and O–H groups in total. The first-order valence-electron chi connectivity index (χ1n) is 5.99. The minimum Gasteiger partial charge on any atom is -0.179 e. The summed E-state index contributed by atoms with van der Waals surface area (Å²) in [4.78, 5) is 0. The van der Waals surface area contributed by atoms with Crippen LogP contribution in [-0.2, 0) is 0 Å². The fourth-order valence-corrected chi connectivity index (χ4v) is 6.08. The van der Waals surface area contributed by atoms with Gasteiger partial charge in [0.1, 0.15) is 0 Å². The van der Waals surface area contributed by atoms with Gasteiger partial charge in [-0.15, -0.1) is 0 Å². The molecule has 14 heavy (non-hydrogen) atoms. The second-order valence-electron chi connectivity index (χ2n) is 5.92. The van der Waals surface area contributed by atoms with E-state index < -0.39 is 0 Å². The van der Waals surface area contributed by atoms with Crippen molar-refractivity contribution in [3.05, 3.63) is 0 Å². The van der Waals surface area contributed by atoms with Crippen molar-refractivity contribution >= 4 is 25.3 Å². The summed E-state index contributed by atoms with van der Waals surface area (Å²) >= 11 is 9.23. The average molecular weight is 228 g/mol. The van der Waals surface area contributed by atoms with Crippen LogP contribution in [0.25, 0.3) is 0 Å². The van der Waals surface area contributed by atoms with Gasteiger partial charge in [0.05, 0.1) is 0 Å². The summed E-state index contributed by atoms with van der Waals surface area (Å²) in [5.41, 5.74) is 0.597. The van der Waals surface area contributed by atoms with E-state index in [1.807, 2.05) is 0 Å². The molecule has 4 saturated carbocycles. The molecule has 0 aromatic heterocycles. The smallest absolute Gasteiger partial charge is 0.00379 e. The summed E-state index contributed by atoms with van der Waals surface area (Å²) in [5, 5.41) is 0. The lowest BCUT2D eigenvalue weighted by Crippen LogP contribution is -2.54. The van der Waals surface area contributed by atoms with E-state index in [2.05, 4.69) is 25.3 Å². The van der Waals surface area contributed by atoms with Crippen molar-refractivity contribution in [2.24, 2.45) is 29.1 Å². The number of rotatable bonds is 2. The molecule has 4 aliphatic rings. The Labute approximate surface area is 98.0 Å². The Morgan fingerprint density at radius 3 is 2.14 bits per heavy atom. The minimum absolute atomic E-state index is 0.597. The Balaban J connectivity index is 1.94. The first-order chi connectivity index (χ1) is 6.77. The number of thiol groups is 2. The third-order valence-corrected chi connectivity index (χ3v) is 6.22. The second-order valence-corrected chi connectivity index (χ2v) is 6.60. The zero-order valence-electron chi connectivity index (χ0n) is 8.65. The van der Waals surface area contributed by atoms with Gasteiger partial charge in [0.25, 0.3) is 0 Å². The van der Waals surface area contributed by atoms with E-state index in [1.54, 1.807) is 0 Å². The molecule has 3 atom stereocenters. The van der Waals surface area contributed by atoms with Crippen LogP contribution in [0, 0.1) is 29.1 Å². The fraction of sp³-hybridized carbons (Fsp3) is 1.00. The van der Waals surface area contributed by atoms with Crippen LogP contribution in [0.2, 0.25) is 0 Å². The highest BCUT2D eigenvalue weighted by atomic mass is 32.1. The van der Waals surface area contributed by atoms with Gasteiger partial charge in [0, 0.05) is 0 Å². The maximum absolute atomic E-state index is 4.64. The van der Waals surface area contributed by atoms with E-state index in [1.165, 1.54) is 32.1 Å². The standard InChI is InChI=1S/C12H20S2/c13-6-11-10-2-8-1-9(3-10)5-12(11,4-8)7-14/h8-11,13-14H,1-7H2. The van der Waals surface area contributed by atoms with E-state index in [0.717, 1.165) is 35.2 Å². The highest BCUT2D eigenvalue weighted by Gasteiger charge is 2.55. The zero-order chi connectivity index (χ0) is 9.76. The van der Waals surface area contributed by atoms with E-state index >= 15 is 0 Å². The SMILES string of the molecule is SCC1C2CC3CC(C2)CC1(CS)C3. The molecule has 80 valence electrons. The molecule has 0 spiro atoms. The van der Waals surface area contributed by atoms with E-state index in [-0.39, 0.29) is 0 Å². The maximum atomic E-state index is 4.64. The van der Waals surface area contributed by atoms with Crippen molar-refractivity contribution in [1.29, 1.82) is 0 Å². The van der Waals surface area contributed by atoms with Crippen LogP contribution in [0.3, 0.4) is 0 Å². The Morgan fingerprint density at radius 2 is 1.64 bits per heavy atom. The van der Waals surface area contributed by atoms with Crippen molar-refractivity contribution in [2.75, 3.05) is 11.5 Å². The molecule has 4 bridgehead atoms. The maximum Gasteiger partial charge on any atom is -0.00379 e. The highest BCUT2D eigenvalue weighted by Crippen LogP contribution is 2.63. The molecular formula is C12H20S2. The molecule has 0 aromatic carbocycles. The molecule has 0 aliphatic heterocycles. The average Bonchev–Trinajstić information content (AvgIpc) is 2.16. The van der Waals surface area contributed by atoms with Crippen LogP contribution in [0.4, 0.5) is 0 Å². The molecule has 0 saturated heterocycles. The quantitative estimate of drug-likeness (QED) is 0.666. The summed E-state index contributed by atoms with van der Waals surface area (Å²) in [6.45, 7) is 0. The molecule has 4 aliphatic carbocycles. The van der Waals surface area contributed by atoms with E-state index in [0.29, 0.717) is 5.41 Å². The predicted octanol–water partition coefficient (Wildman–Crippen LogP) is 3.29. The van der Waals surface area contributed by atoms with Crippen molar-refractivity contribution < 1.29 is 0 Å². The lowest BCUT2D eigenvalue weighted by molar-refractivity contribution is -0.0852. The first kappa shape index (κ1) is 9.89. The van der Waals surface area contributed by atoms with Gasteiger partial charge in [-0.25, -0.2) is 0 Å². The second kappa shape index (κ2) is 3.35. The largest absolute Gasteiger partial charge is 0.179 e. The molecule has 0 heterocycles. The summed E-state index contributed by atoms with van der Waals surface area (Å²) < 4.78 is 0. The molecule has 4 fully saturated rings. The number of hydrogen-bond acceptors (Lipinski definition) is 2. The van der Waals surface area contributed by atoms with Gasteiger partial charge in [-0.05, 0) is 72.7 Å². The van der Waals surface area contributed by atoms with Crippen molar-refractivity contribution in [3.8, 4) is 0 Å². The van der Waals surface area contributed by atoms with Crippen LogP contribution in [0.15, 0.2) is 0 Å². The van der Waals surface area contributed by atoms with Crippen LogP contribution in [-0.4, -0.2) is 11.5 Å². The van der Waals surface area contributed by atoms with Crippen LogP contribution in [0.5, 0.6) is 0 Å². The van der Waals surface area contributed by atoms with Crippen LogP contribution < -0.4 is 0 Å². The summed E-state index contributed by atoms with van der Waals surface area (Å²) in [5.74, 6) is 6.21. The van der Waals surface area contributed by atoms with Crippen LogP contribution >= 0.6 is 25.3 Å². The summed E-state index contributed by atoms with van der Waals surface area (Å²) in [6, 6.07) is 0. The minimum atomic E-state index is 0.597. The van der Waals surface area contributed by atoms with Crippen molar-refractivity contribution in [3.63, 3.8) is 0 Å². The third kappa shape index (κ3) is 1.22. The van der Waals surface area contributed by atoms with Crippen molar-refractivity contribution in [1.82, 2.24) is 0 Å². The van der Waals surface area contributed by atoms with Crippen molar-refractivity contribution in [2.45, 2.75) is 32.1 Å². The van der Waals surface area contributed by atoms with Gasteiger partial charge in [0.2, 0.25) is 0 Å². The Hall–Kier alpha value is 0.700. The Morgan fingerprint density at radius 1 is 1.00 bits per heavy atom. The van der Waals surface area contributed by atoms with Gasteiger partial charge in [-0.2, -0.15) is 25.3 Å². The molecule has 4 rings (SSSR count). The lowest BCUT2D eigenvalue weighted by Gasteiger charge is -2.61. The highest BCUT2D eigenvalue weighted by molar-refractivity contribution is 7.80. The zero-order valence-corrected chi connectivity index (χ0v) is 10.4. The molecule has 2 heteroatoms. The topological polar surface area (TPSA) is 0 Å². The third-order valence-electron chi connectivity index (χ3n) is 5.20. The summed E-state index contributed by atoms with van der Waals surface area (Å²) in [7, 11) is 0. The molecule has 3 unspecified atom stereocenters. The molecule has 0 aromatic rings. The molecule has 0 nitrogen and oxygen atoms in total. The normalized spacial score (nSPS) is 55.3. The Bertz CT molecular complexity index is 224. The van der Waals surface area contributed by atoms with Gasteiger partial charge in [0.15, 0.2) is 0 Å². The summed E-state index contributed by atoms with van der Waals surface area (Å²) in [6.07, 6.45) is 7.49. The molecule has 0 radical (unpaired) electrons. The predicted molar refractivity (Wildman–Crippen MR) is 67.2 cm³/mol. The molecular weight excluding hydrogens is 208 g/mol. The van der Waals surface area contributed by atoms with Crippen LogP contribution in [0.1, 0.15) is 32.1 Å². The van der Waals surface area contributed by atoms with Gasteiger partial charge in [-0.1, -0.05) is 0 Å². The molecule has 0 amide bonds. The van der Waals surface area contributed by atoms with E-state index in [9.17, 15) is 0 Å². The van der Waals surface area contributed by atoms with Gasteiger partial charge >= 0.3 is 0 Å². The lowest BCUT2D eigenvalue weighted by atomic mass is 9.46.